The van der Waals surface area contributed by atoms with Crippen molar-refractivity contribution in [1.82, 2.24) is 15.0 Å². The molecule has 0 atom stereocenters. The van der Waals surface area contributed by atoms with Gasteiger partial charge in [0.1, 0.15) is 11.5 Å². The highest BCUT2D eigenvalue weighted by Gasteiger charge is 2.14. The van der Waals surface area contributed by atoms with Gasteiger partial charge in [-0.1, -0.05) is 41.6 Å². The van der Waals surface area contributed by atoms with Gasteiger partial charge in [0.25, 0.3) is 11.5 Å². The third kappa shape index (κ3) is 5.52. The van der Waals surface area contributed by atoms with Gasteiger partial charge in [0, 0.05) is 5.56 Å². The molecular formula is C26H24N4O4S. The van der Waals surface area contributed by atoms with Crippen LogP contribution in [0, 0.1) is 6.92 Å². The number of nitrogens with one attached hydrogen (secondary N) is 1. The number of rotatable bonds is 8. The number of methoxy groups -OCH3 is 2. The summed E-state index contributed by atoms with van der Waals surface area (Å²) in [6.45, 7) is 1.98. The van der Waals surface area contributed by atoms with Crippen LogP contribution in [0.4, 0.5) is 0 Å². The lowest BCUT2D eigenvalue weighted by molar-refractivity contribution is -0.118. The Balaban J connectivity index is 1.54. The van der Waals surface area contributed by atoms with Crippen LogP contribution in [-0.4, -0.2) is 41.6 Å². The van der Waals surface area contributed by atoms with Crippen LogP contribution in [-0.2, 0) is 4.79 Å². The fourth-order valence-electron chi connectivity index (χ4n) is 3.41. The van der Waals surface area contributed by atoms with E-state index in [2.05, 4.69) is 15.5 Å². The Morgan fingerprint density at radius 1 is 1.09 bits per heavy atom. The van der Waals surface area contributed by atoms with Gasteiger partial charge in [-0.25, -0.2) is 10.4 Å². The second-order valence-corrected chi connectivity index (χ2v) is 8.52. The van der Waals surface area contributed by atoms with Crippen LogP contribution in [0.5, 0.6) is 11.5 Å². The van der Waals surface area contributed by atoms with Gasteiger partial charge >= 0.3 is 0 Å². The maximum atomic E-state index is 13.3. The molecule has 35 heavy (non-hydrogen) atoms. The van der Waals surface area contributed by atoms with E-state index in [1.54, 1.807) is 50.6 Å². The van der Waals surface area contributed by atoms with Gasteiger partial charge in [-0.15, -0.1) is 0 Å². The van der Waals surface area contributed by atoms with Crippen LogP contribution in [0.2, 0.25) is 0 Å². The van der Waals surface area contributed by atoms with Gasteiger partial charge in [-0.05, 0) is 49.4 Å². The lowest BCUT2D eigenvalue weighted by Crippen LogP contribution is -2.24. The number of benzene rings is 3. The van der Waals surface area contributed by atoms with Crippen molar-refractivity contribution in [2.75, 3.05) is 20.0 Å². The quantitative estimate of drug-likeness (QED) is 0.175. The average Bonchev–Trinajstić information content (AvgIpc) is 2.88. The molecule has 1 N–H and O–H groups in total. The van der Waals surface area contributed by atoms with E-state index < -0.39 is 0 Å². The Labute approximate surface area is 206 Å². The number of carbonyl (C=O) groups is 1. The van der Waals surface area contributed by atoms with Gasteiger partial charge in [0.15, 0.2) is 5.16 Å². The molecule has 0 unspecified atom stereocenters. The smallest absolute Gasteiger partial charge is 0.266 e. The summed E-state index contributed by atoms with van der Waals surface area (Å²) in [4.78, 5) is 30.4. The van der Waals surface area contributed by atoms with Gasteiger partial charge in [0.2, 0.25) is 0 Å². The second kappa shape index (κ2) is 10.9. The Morgan fingerprint density at radius 2 is 1.86 bits per heavy atom. The van der Waals surface area contributed by atoms with E-state index in [-0.39, 0.29) is 17.2 Å². The van der Waals surface area contributed by atoms with E-state index in [4.69, 9.17) is 9.47 Å². The number of hydrogen-bond acceptors (Lipinski definition) is 7. The van der Waals surface area contributed by atoms with E-state index in [1.165, 1.54) is 10.8 Å². The molecule has 4 rings (SSSR count). The second-order valence-electron chi connectivity index (χ2n) is 7.58. The Kier molecular flexibility index (Phi) is 7.47. The van der Waals surface area contributed by atoms with Crippen molar-refractivity contribution in [1.29, 1.82) is 0 Å². The van der Waals surface area contributed by atoms with Crippen molar-refractivity contribution in [2.45, 2.75) is 12.1 Å². The monoisotopic (exact) mass is 488 g/mol. The Hall–Kier alpha value is -4.11. The third-order valence-corrected chi connectivity index (χ3v) is 6.14. The zero-order valence-electron chi connectivity index (χ0n) is 19.5. The highest BCUT2D eigenvalue weighted by Crippen LogP contribution is 2.23. The summed E-state index contributed by atoms with van der Waals surface area (Å²) in [5, 5.41) is 4.97. The Bertz CT molecular complexity index is 1450. The molecule has 0 aliphatic rings. The van der Waals surface area contributed by atoms with Crippen LogP contribution >= 0.6 is 11.8 Å². The van der Waals surface area contributed by atoms with Crippen LogP contribution < -0.4 is 20.5 Å². The minimum absolute atomic E-state index is 0.0171. The summed E-state index contributed by atoms with van der Waals surface area (Å²) in [6.07, 6.45) is 1.49. The highest BCUT2D eigenvalue weighted by molar-refractivity contribution is 7.99. The van der Waals surface area contributed by atoms with Crippen molar-refractivity contribution < 1.29 is 14.3 Å². The van der Waals surface area contributed by atoms with Gasteiger partial charge in [0.05, 0.1) is 42.8 Å². The molecule has 8 nitrogen and oxygen atoms in total. The first-order valence-corrected chi connectivity index (χ1v) is 11.7. The summed E-state index contributed by atoms with van der Waals surface area (Å²) in [6, 6.07) is 20.0. The zero-order chi connectivity index (χ0) is 24.8. The van der Waals surface area contributed by atoms with Crippen LogP contribution in [0.15, 0.2) is 81.8 Å². The predicted octanol–water partition coefficient (Wildman–Crippen LogP) is 3.95. The van der Waals surface area contributed by atoms with Crippen molar-refractivity contribution in [2.24, 2.45) is 5.10 Å². The lowest BCUT2D eigenvalue weighted by Gasteiger charge is -2.13. The van der Waals surface area contributed by atoms with E-state index in [0.717, 1.165) is 17.3 Å². The van der Waals surface area contributed by atoms with Crippen LogP contribution in [0.1, 0.15) is 11.1 Å². The zero-order valence-corrected chi connectivity index (χ0v) is 20.3. The van der Waals surface area contributed by atoms with E-state index in [0.29, 0.717) is 38.8 Å². The molecule has 0 spiro atoms. The number of para-hydroxylation sites is 1. The molecule has 0 fully saturated rings. The SMILES string of the molecule is COc1ccc(OC)c(/C=N/NC(=O)CSc2nc3ccccc3c(=O)n2-c2ccc(C)cc2)c1. The molecule has 1 heterocycles. The molecule has 0 saturated heterocycles. The van der Waals surface area contributed by atoms with Crippen molar-refractivity contribution in [3.05, 3.63) is 88.2 Å². The van der Waals surface area contributed by atoms with Crippen molar-refractivity contribution >= 4 is 34.8 Å². The molecule has 178 valence electrons. The van der Waals surface area contributed by atoms with Gasteiger partial charge in [-0.2, -0.15) is 5.10 Å². The van der Waals surface area contributed by atoms with Crippen molar-refractivity contribution in [3.8, 4) is 17.2 Å². The number of amides is 1. The normalized spacial score (nSPS) is 11.1. The van der Waals surface area contributed by atoms with E-state index in [9.17, 15) is 9.59 Å². The number of aryl methyl sites for hydroxylation is 1. The molecule has 0 bridgehead atoms. The molecule has 0 aliphatic carbocycles. The number of hydrogen-bond donors (Lipinski definition) is 1. The summed E-state index contributed by atoms with van der Waals surface area (Å²) in [7, 11) is 3.12. The summed E-state index contributed by atoms with van der Waals surface area (Å²) in [5.74, 6) is 0.917. The van der Waals surface area contributed by atoms with Gasteiger partial charge in [-0.3, -0.25) is 14.2 Å². The van der Waals surface area contributed by atoms with E-state index in [1.807, 2.05) is 37.3 Å². The summed E-state index contributed by atoms with van der Waals surface area (Å²) < 4.78 is 12.1. The van der Waals surface area contributed by atoms with Gasteiger partial charge < -0.3 is 9.47 Å². The molecule has 4 aromatic rings. The number of ether oxygens (including phenoxy) is 2. The first kappa shape index (κ1) is 24.0. The standard InChI is InChI=1S/C26H24N4O4S/c1-17-8-10-19(11-9-17)30-25(32)21-6-4-5-7-22(21)28-26(30)35-16-24(31)29-27-15-18-14-20(33-2)12-13-23(18)34-3/h4-15H,16H2,1-3H3,(H,29,31)/b27-15+. The predicted molar refractivity (Wildman–Crippen MR) is 138 cm³/mol. The molecule has 9 heteroatoms. The van der Waals surface area contributed by atoms with E-state index >= 15 is 0 Å². The number of thioether (sulfide) groups is 1. The third-order valence-electron chi connectivity index (χ3n) is 5.20. The highest BCUT2D eigenvalue weighted by atomic mass is 32.2. The number of carbonyl (C=O) groups excluding carboxylic acids is 1. The molecule has 3 aromatic carbocycles. The molecular weight excluding hydrogens is 464 g/mol. The molecule has 0 saturated carbocycles. The number of hydrazone groups is 1. The number of nitrogens with zero attached hydrogens (tertiary/aromatic N) is 3. The maximum absolute atomic E-state index is 13.3. The topological polar surface area (TPSA) is 94.8 Å². The first-order chi connectivity index (χ1) is 17.0. The van der Waals surface area contributed by atoms with Crippen molar-refractivity contribution in [3.63, 3.8) is 0 Å². The van der Waals surface area contributed by atoms with Crippen LogP contribution in [0.3, 0.4) is 0 Å². The fraction of sp³-hybridized carbons (Fsp3) is 0.154. The fourth-order valence-corrected chi connectivity index (χ4v) is 4.21. The minimum atomic E-state index is -0.342. The maximum Gasteiger partial charge on any atom is 0.266 e. The molecule has 1 amide bonds. The summed E-state index contributed by atoms with van der Waals surface area (Å²) in [5.41, 5.74) is 5.31. The largest absolute Gasteiger partial charge is 0.497 e. The molecule has 1 aromatic heterocycles. The average molecular weight is 489 g/mol. The summed E-state index contributed by atoms with van der Waals surface area (Å²) >= 11 is 1.16. The number of fused-ring (bicyclic) bond motifs is 1. The molecule has 0 aliphatic heterocycles. The Morgan fingerprint density at radius 3 is 2.60 bits per heavy atom. The molecule has 0 radical (unpaired) electrons. The minimum Gasteiger partial charge on any atom is -0.497 e. The first-order valence-electron chi connectivity index (χ1n) is 10.8. The number of aromatic nitrogens is 2. The van der Waals surface area contributed by atoms with Crippen LogP contribution in [0.25, 0.3) is 16.6 Å². The lowest BCUT2D eigenvalue weighted by atomic mass is 10.2.